The Labute approximate surface area is 179 Å². The quantitative estimate of drug-likeness (QED) is 0.623. The minimum atomic E-state index is -0.430. The predicted octanol–water partition coefficient (Wildman–Crippen LogP) is 4.59. The third-order valence-corrected chi connectivity index (χ3v) is 6.35. The SMILES string of the molecule is CCCc1nnc2n1N[C@H](c1ccc(C)cc1)[C@H](C(=O)Nc1ccccc1Cl)S2. The summed E-state index contributed by atoms with van der Waals surface area (Å²) in [5.41, 5.74) is 6.28. The first kappa shape index (κ1) is 19.8. The van der Waals surface area contributed by atoms with Gasteiger partial charge >= 0.3 is 0 Å². The number of carbonyl (C=O) groups is 1. The highest BCUT2D eigenvalue weighted by Crippen LogP contribution is 2.38. The van der Waals surface area contributed by atoms with E-state index in [2.05, 4.69) is 52.1 Å². The van der Waals surface area contributed by atoms with Crippen LogP contribution in [-0.2, 0) is 11.2 Å². The van der Waals surface area contributed by atoms with Gasteiger partial charge in [-0.2, -0.15) is 0 Å². The number of nitrogens with one attached hydrogen (secondary N) is 2. The molecule has 8 heteroatoms. The fourth-order valence-electron chi connectivity index (χ4n) is 3.27. The molecule has 0 bridgehead atoms. The van der Waals surface area contributed by atoms with E-state index in [0.29, 0.717) is 15.9 Å². The first-order valence-corrected chi connectivity index (χ1v) is 10.8. The minimum absolute atomic E-state index is 0.132. The van der Waals surface area contributed by atoms with Crippen LogP contribution in [0.3, 0.4) is 0 Å². The Hall–Kier alpha value is -2.51. The van der Waals surface area contributed by atoms with E-state index in [4.69, 9.17) is 11.6 Å². The number of para-hydroxylation sites is 1. The topological polar surface area (TPSA) is 71.8 Å². The first-order valence-electron chi connectivity index (χ1n) is 9.56. The number of fused-ring (bicyclic) bond motifs is 1. The molecule has 2 heterocycles. The molecule has 0 fully saturated rings. The van der Waals surface area contributed by atoms with Crippen molar-refractivity contribution >= 4 is 35.0 Å². The summed E-state index contributed by atoms with van der Waals surface area (Å²) in [6.07, 6.45) is 1.79. The van der Waals surface area contributed by atoms with Crippen molar-refractivity contribution in [1.29, 1.82) is 0 Å². The molecule has 150 valence electrons. The van der Waals surface area contributed by atoms with Crippen LogP contribution in [0.25, 0.3) is 0 Å². The van der Waals surface area contributed by atoms with Gasteiger partial charge in [0.05, 0.1) is 16.8 Å². The number of aromatic nitrogens is 3. The Bertz CT molecular complexity index is 1020. The molecule has 29 heavy (non-hydrogen) atoms. The Morgan fingerprint density at radius 3 is 2.69 bits per heavy atom. The van der Waals surface area contributed by atoms with Gasteiger partial charge in [-0.1, -0.05) is 72.2 Å². The monoisotopic (exact) mass is 427 g/mol. The zero-order valence-electron chi connectivity index (χ0n) is 16.2. The molecule has 2 aromatic carbocycles. The molecule has 4 rings (SSSR count). The highest BCUT2D eigenvalue weighted by molar-refractivity contribution is 8.00. The zero-order valence-corrected chi connectivity index (χ0v) is 17.8. The molecule has 1 aromatic heterocycles. The molecule has 1 aliphatic rings. The fraction of sp³-hybridized carbons (Fsp3) is 0.286. The molecule has 2 N–H and O–H groups in total. The summed E-state index contributed by atoms with van der Waals surface area (Å²) in [7, 11) is 0. The van der Waals surface area contributed by atoms with Crippen molar-refractivity contribution in [3.05, 3.63) is 70.5 Å². The van der Waals surface area contributed by atoms with Crippen molar-refractivity contribution in [3.63, 3.8) is 0 Å². The summed E-state index contributed by atoms with van der Waals surface area (Å²) in [6.45, 7) is 4.15. The van der Waals surface area contributed by atoms with E-state index in [9.17, 15) is 4.79 Å². The zero-order chi connectivity index (χ0) is 20.4. The first-order chi connectivity index (χ1) is 14.1. The van der Waals surface area contributed by atoms with Crippen molar-refractivity contribution in [2.24, 2.45) is 0 Å². The number of thioether (sulfide) groups is 1. The molecule has 1 aliphatic heterocycles. The Kier molecular flexibility index (Phi) is 5.78. The normalized spacial score (nSPS) is 18.0. The second kappa shape index (κ2) is 8.47. The van der Waals surface area contributed by atoms with Gasteiger partial charge in [0.25, 0.3) is 0 Å². The number of aryl methyl sites for hydroxylation is 2. The molecule has 3 aromatic rings. The van der Waals surface area contributed by atoms with Gasteiger partial charge in [-0.25, -0.2) is 4.68 Å². The standard InChI is InChI=1S/C21H22ClN5OS/c1-3-6-17-24-25-21-27(17)26-18(14-11-9-13(2)10-12-14)19(29-21)20(28)23-16-8-5-4-7-15(16)22/h4-5,7-12,18-19,26H,3,6H2,1-2H3,(H,23,28)/t18-,19-/m1/s1. The molecule has 0 saturated heterocycles. The number of carbonyl (C=O) groups excluding carboxylic acids is 1. The lowest BCUT2D eigenvalue weighted by Crippen LogP contribution is -2.41. The van der Waals surface area contributed by atoms with Crippen LogP contribution in [0, 0.1) is 6.92 Å². The maximum Gasteiger partial charge on any atom is 0.240 e. The number of benzene rings is 2. The van der Waals surface area contributed by atoms with Crippen LogP contribution < -0.4 is 10.7 Å². The van der Waals surface area contributed by atoms with Gasteiger partial charge in [0.1, 0.15) is 5.25 Å². The van der Waals surface area contributed by atoms with E-state index < -0.39 is 5.25 Å². The van der Waals surface area contributed by atoms with Crippen molar-refractivity contribution < 1.29 is 4.79 Å². The molecule has 0 spiro atoms. The number of nitrogens with zero attached hydrogens (tertiary/aromatic N) is 3. The molecular formula is C21H22ClN5OS. The molecule has 1 amide bonds. The third-order valence-electron chi connectivity index (χ3n) is 4.80. The molecule has 0 radical (unpaired) electrons. The maximum atomic E-state index is 13.2. The number of anilines is 1. The van der Waals surface area contributed by atoms with E-state index in [1.165, 1.54) is 17.3 Å². The van der Waals surface area contributed by atoms with Gasteiger partial charge in [-0.15, -0.1) is 10.2 Å². The van der Waals surface area contributed by atoms with E-state index in [0.717, 1.165) is 24.2 Å². The third kappa shape index (κ3) is 4.11. The average Bonchev–Trinajstić information content (AvgIpc) is 3.11. The Balaban J connectivity index is 1.67. The summed E-state index contributed by atoms with van der Waals surface area (Å²) in [4.78, 5) is 13.2. The fourth-order valence-corrected chi connectivity index (χ4v) is 4.56. The Morgan fingerprint density at radius 1 is 1.21 bits per heavy atom. The summed E-state index contributed by atoms with van der Waals surface area (Å²) in [5.74, 6) is 0.740. The predicted molar refractivity (Wildman–Crippen MR) is 117 cm³/mol. The van der Waals surface area contributed by atoms with Crippen molar-refractivity contribution in [1.82, 2.24) is 14.9 Å². The Morgan fingerprint density at radius 2 is 1.97 bits per heavy atom. The summed E-state index contributed by atoms with van der Waals surface area (Å²) < 4.78 is 1.91. The molecule has 0 aliphatic carbocycles. The number of hydrogen-bond donors (Lipinski definition) is 2. The second-order valence-corrected chi connectivity index (χ2v) is 8.53. The van der Waals surface area contributed by atoms with Crippen LogP contribution in [-0.4, -0.2) is 26.0 Å². The van der Waals surface area contributed by atoms with Gasteiger partial charge in [0.2, 0.25) is 11.1 Å². The lowest BCUT2D eigenvalue weighted by Gasteiger charge is -2.33. The highest BCUT2D eigenvalue weighted by atomic mass is 35.5. The van der Waals surface area contributed by atoms with Gasteiger partial charge in [0, 0.05) is 6.42 Å². The van der Waals surface area contributed by atoms with Gasteiger partial charge in [-0.05, 0) is 31.0 Å². The number of amides is 1. The molecule has 6 nitrogen and oxygen atoms in total. The van der Waals surface area contributed by atoms with Crippen LogP contribution in [0.2, 0.25) is 5.02 Å². The largest absolute Gasteiger partial charge is 0.324 e. The molecule has 0 saturated carbocycles. The number of rotatable bonds is 5. The van der Waals surface area contributed by atoms with E-state index in [-0.39, 0.29) is 11.9 Å². The van der Waals surface area contributed by atoms with Crippen molar-refractivity contribution in [3.8, 4) is 0 Å². The summed E-state index contributed by atoms with van der Waals surface area (Å²) in [5, 5.41) is 12.3. The number of hydrogen-bond acceptors (Lipinski definition) is 5. The van der Waals surface area contributed by atoms with Gasteiger partial charge in [0.15, 0.2) is 5.82 Å². The van der Waals surface area contributed by atoms with Crippen molar-refractivity contribution in [2.75, 3.05) is 10.7 Å². The van der Waals surface area contributed by atoms with Gasteiger partial charge < -0.3 is 10.7 Å². The smallest absolute Gasteiger partial charge is 0.240 e. The second-order valence-electron chi connectivity index (χ2n) is 7.01. The van der Waals surface area contributed by atoms with E-state index in [1.807, 2.05) is 23.7 Å². The minimum Gasteiger partial charge on any atom is -0.324 e. The van der Waals surface area contributed by atoms with Gasteiger partial charge in [-0.3, -0.25) is 4.79 Å². The van der Waals surface area contributed by atoms with Crippen LogP contribution >= 0.6 is 23.4 Å². The molecule has 2 atom stereocenters. The molecule has 0 unspecified atom stereocenters. The number of halogens is 1. The van der Waals surface area contributed by atoms with E-state index >= 15 is 0 Å². The summed E-state index contributed by atoms with van der Waals surface area (Å²) in [6, 6.07) is 15.2. The highest BCUT2D eigenvalue weighted by Gasteiger charge is 2.37. The molecular weight excluding hydrogens is 406 g/mol. The lowest BCUT2D eigenvalue weighted by atomic mass is 10.0. The average molecular weight is 428 g/mol. The van der Waals surface area contributed by atoms with Crippen LogP contribution in [0.4, 0.5) is 5.69 Å². The van der Waals surface area contributed by atoms with Crippen LogP contribution in [0.1, 0.15) is 36.3 Å². The van der Waals surface area contributed by atoms with Crippen LogP contribution in [0.5, 0.6) is 0 Å². The maximum absolute atomic E-state index is 13.2. The van der Waals surface area contributed by atoms with Crippen molar-refractivity contribution in [2.45, 2.75) is 43.1 Å². The van der Waals surface area contributed by atoms with E-state index in [1.54, 1.807) is 12.1 Å². The lowest BCUT2D eigenvalue weighted by molar-refractivity contribution is -0.116. The summed E-state index contributed by atoms with van der Waals surface area (Å²) >= 11 is 7.65. The van der Waals surface area contributed by atoms with Crippen LogP contribution in [0.15, 0.2) is 53.7 Å².